The number of hydrogen-bond acceptors (Lipinski definition) is 6. The van der Waals surface area contributed by atoms with Gasteiger partial charge < -0.3 is 29.3 Å². The van der Waals surface area contributed by atoms with Crippen molar-refractivity contribution in [1.82, 2.24) is 14.1 Å². The Morgan fingerprint density at radius 3 is 2.49 bits per heavy atom. The van der Waals surface area contributed by atoms with Crippen LogP contribution >= 0.6 is 0 Å². The fourth-order valence-corrected chi connectivity index (χ4v) is 4.18. The molecule has 9 nitrogen and oxygen atoms in total. The van der Waals surface area contributed by atoms with Crippen LogP contribution in [0.1, 0.15) is 16.8 Å². The Kier molecular flexibility index (Phi) is 7.45. The second-order valence-electron chi connectivity index (χ2n) is 8.90. The Balaban J connectivity index is 1.92. The van der Waals surface area contributed by atoms with Crippen molar-refractivity contribution in [3.63, 3.8) is 0 Å². The lowest BCUT2D eigenvalue weighted by molar-refractivity contribution is 0.208. The van der Waals surface area contributed by atoms with Gasteiger partial charge in [0.2, 0.25) is 0 Å². The van der Waals surface area contributed by atoms with Crippen LogP contribution in [0.5, 0.6) is 11.5 Å². The molecule has 0 fully saturated rings. The minimum Gasteiger partial charge on any atom is -0.455 e. The number of aromatic nitrogens is 3. The zero-order chi connectivity index (χ0) is 26.7. The third-order valence-corrected chi connectivity index (χ3v) is 6.21. The summed E-state index contributed by atoms with van der Waals surface area (Å²) >= 11 is 0. The van der Waals surface area contributed by atoms with Crippen molar-refractivity contribution >= 4 is 22.7 Å². The number of aryl methyl sites for hydroxylation is 4. The van der Waals surface area contributed by atoms with Gasteiger partial charge in [-0.05, 0) is 31.0 Å². The molecule has 0 unspecified atom stereocenters. The molecule has 0 radical (unpaired) electrons. The van der Waals surface area contributed by atoms with Crippen molar-refractivity contribution < 1.29 is 9.47 Å². The molecular formula is C28H31N5O4. The van der Waals surface area contributed by atoms with Crippen LogP contribution in [0.3, 0.4) is 0 Å². The number of fused-ring (bicyclic) bond motifs is 1. The minimum absolute atomic E-state index is 0.200. The highest BCUT2D eigenvalue weighted by Gasteiger charge is 2.19. The number of nitrogens with two attached hydrogens (primary N) is 1. The molecule has 9 heteroatoms. The molecule has 0 aliphatic rings. The first-order valence-electron chi connectivity index (χ1n) is 11.8. The number of aliphatic imine (C=N–C) groups is 1. The SMILES string of the molecule is COCCN=C/C(=C\N)c1cc2c(-c3cc(=O)n(C)cc3Oc3c(C)cccc3C)cn(C)c(=O)c2[nH]1. The van der Waals surface area contributed by atoms with E-state index >= 15 is 0 Å². The predicted octanol–water partition coefficient (Wildman–Crippen LogP) is 3.66. The Morgan fingerprint density at radius 2 is 1.81 bits per heavy atom. The molecule has 4 aromatic rings. The molecular weight excluding hydrogens is 470 g/mol. The van der Waals surface area contributed by atoms with E-state index in [-0.39, 0.29) is 11.1 Å². The quantitative estimate of drug-likeness (QED) is 0.282. The summed E-state index contributed by atoms with van der Waals surface area (Å²) in [6, 6.07) is 9.29. The number of methoxy groups -OCH3 is 1. The van der Waals surface area contributed by atoms with Gasteiger partial charge in [-0.2, -0.15) is 0 Å². The van der Waals surface area contributed by atoms with Gasteiger partial charge in [0.1, 0.15) is 11.3 Å². The average molecular weight is 502 g/mol. The standard InChI is InChI=1S/C28H31N5O4/c1-17-7-6-8-18(2)27(17)37-24-16-32(3)25(34)12-20(24)22-15-33(4)28(35)26-21(22)11-23(31-26)19(13-29)14-30-9-10-36-5/h6-8,11-16,31H,9-10,29H2,1-5H3/b19-13+,30-14?. The highest BCUT2D eigenvalue weighted by atomic mass is 16.5. The molecule has 0 atom stereocenters. The van der Waals surface area contributed by atoms with Gasteiger partial charge in [0.05, 0.1) is 19.3 Å². The third-order valence-electron chi connectivity index (χ3n) is 6.21. The molecule has 0 aliphatic carbocycles. The molecule has 3 aromatic heterocycles. The van der Waals surface area contributed by atoms with E-state index in [4.69, 9.17) is 15.2 Å². The lowest BCUT2D eigenvalue weighted by Crippen LogP contribution is -2.18. The molecule has 0 spiro atoms. The van der Waals surface area contributed by atoms with Crippen LogP contribution in [0.25, 0.3) is 27.6 Å². The third kappa shape index (κ3) is 5.12. The summed E-state index contributed by atoms with van der Waals surface area (Å²) in [4.78, 5) is 33.3. The van der Waals surface area contributed by atoms with Gasteiger partial charge in [-0.3, -0.25) is 14.6 Å². The smallest absolute Gasteiger partial charge is 0.274 e. The second kappa shape index (κ2) is 10.7. The molecule has 0 amide bonds. The van der Waals surface area contributed by atoms with Crippen molar-refractivity contribution in [3.8, 4) is 22.6 Å². The van der Waals surface area contributed by atoms with Crippen LogP contribution in [-0.4, -0.2) is 40.6 Å². The van der Waals surface area contributed by atoms with Crippen molar-refractivity contribution in [2.75, 3.05) is 20.3 Å². The summed E-state index contributed by atoms with van der Waals surface area (Å²) in [6.45, 7) is 4.91. The van der Waals surface area contributed by atoms with Crippen LogP contribution in [0, 0.1) is 13.8 Å². The van der Waals surface area contributed by atoms with Crippen molar-refractivity contribution in [2.45, 2.75) is 13.8 Å². The molecule has 1 aromatic carbocycles. The fourth-order valence-electron chi connectivity index (χ4n) is 4.18. The van der Waals surface area contributed by atoms with Gasteiger partial charge in [-0.25, -0.2) is 0 Å². The molecule has 3 N–H and O–H groups in total. The van der Waals surface area contributed by atoms with Crippen LogP contribution in [0.4, 0.5) is 0 Å². The highest BCUT2D eigenvalue weighted by Crippen LogP contribution is 2.38. The monoisotopic (exact) mass is 501 g/mol. The molecule has 37 heavy (non-hydrogen) atoms. The van der Waals surface area contributed by atoms with E-state index in [1.807, 2.05) is 38.1 Å². The van der Waals surface area contributed by atoms with E-state index in [0.717, 1.165) is 16.9 Å². The summed E-state index contributed by atoms with van der Waals surface area (Å²) in [6.07, 6.45) is 6.45. The summed E-state index contributed by atoms with van der Waals surface area (Å²) in [5, 5.41) is 0.641. The Morgan fingerprint density at radius 1 is 1.08 bits per heavy atom. The molecule has 3 heterocycles. The molecule has 0 saturated heterocycles. The lowest BCUT2D eigenvalue weighted by Gasteiger charge is -2.17. The molecule has 0 bridgehead atoms. The number of para-hydroxylation sites is 1. The Bertz CT molecular complexity index is 1620. The fraction of sp³-hybridized carbons (Fsp3) is 0.250. The van der Waals surface area contributed by atoms with E-state index in [9.17, 15) is 9.59 Å². The van der Waals surface area contributed by atoms with E-state index in [1.165, 1.54) is 21.4 Å². The summed E-state index contributed by atoms with van der Waals surface area (Å²) in [5.74, 6) is 1.22. The topological polar surface area (TPSA) is 117 Å². The number of hydrogen-bond donors (Lipinski definition) is 2. The number of rotatable bonds is 8. The number of aromatic amines is 1. The molecule has 4 rings (SSSR count). The normalized spacial score (nSPS) is 12.1. The van der Waals surface area contributed by atoms with Crippen LogP contribution in [0.15, 0.2) is 63.5 Å². The van der Waals surface area contributed by atoms with Crippen LogP contribution < -0.4 is 21.6 Å². The lowest BCUT2D eigenvalue weighted by atomic mass is 10.0. The van der Waals surface area contributed by atoms with Gasteiger partial charge in [0.25, 0.3) is 11.1 Å². The van der Waals surface area contributed by atoms with Crippen molar-refractivity contribution in [1.29, 1.82) is 0 Å². The number of allylic oxidation sites excluding steroid dienone is 1. The van der Waals surface area contributed by atoms with E-state index in [2.05, 4.69) is 9.98 Å². The average Bonchev–Trinajstić information content (AvgIpc) is 3.31. The molecule has 0 aliphatic heterocycles. The number of pyridine rings is 2. The zero-order valence-electron chi connectivity index (χ0n) is 21.7. The maximum absolute atomic E-state index is 13.1. The Labute approximate surface area is 214 Å². The highest BCUT2D eigenvalue weighted by molar-refractivity contribution is 6.11. The number of nitrogens with zero attached hydrogens (tertiary/aromatic N) is 3. The van der Waals surface area contributed by atoms with Gasteiger partial charge in [-0.15, -0.1) is 0 Å². The zero-order valence-corrected chi connectivity index (χ0v) is 21.7. The van der Waals surface area contributed by atoms with E-state index < -0.39 is 0 Å². The second-order valence-corrected chi connectivity index (χ2v) is 8.90. The number of ether oxygens (including phenoxy) is 2. The molecule has 0 saturated carbocycles. The largest absolute Gasteiger partial charge is 0.455 e. The van der Waals surface area contributed by atoms with Crippen LogP contribution in [0.2, 0.25) is 0 Å². The minimum atomic E-state index is -0.209. The van der Waals surface area contributed by atoms with Gasteiger partial charge in [0, 0.05) is 73.7 Å². The maximum Gasteiger partial charge on any atom is 0.274 e. The number of benzene rings is 1. The summed E-state index contributed by atoms with van der Waals surface area (Å²) in [7, 11) is 4.96. The number of nitrogens with one attached hydrogen (secondary N) is 1. The van der Waals surface area contributed by atoms with Gasteiger partial charge in [-0.1, -0.05) is 18.2 Å². The molecule has 192 valence electrons. The summed E-state index contributed by atoms with van der Waals surface area (Å²) in [5.41, 5.74) is 10.3. The van der Waals surface area contributed by atoms with E-state index in [0.29, 0.717) is 52.2 Å². The first kappa shape index (κ1) is 25.7. The first-order valence-corrected chi connectivity index (χ1v) is 11.8. The van der Waals surface area contributed by atoms with E-state index in [1.54, 1.807) is 39.8 Å². The Hall–Kier alpha value is -4.37. The van der Waals surface area contributed by atoms with Gasteiger partial charge >= 0.3 is 0 Å². The maximum atomic E-state index is 13.1. The van der Waals surface area contributed by atoms with Crippen molar-refractivity contribution in [3.05, 3.63) is 86.5 Å². The van der Waals surface area contributed by atoms with Crippen LogP contribution in [-0.2, 0) is 18.8 Å². The van der Waals surface area contributed by atoms with Crippen molar-refractivity contribution in [2.24, 2.45) is 24.8 Å². The number of H-pyrrole nitrogens is 1. The summed E-state index contributed by atoms with van der Waals surface area (Å²) < 4.78 is 14.4. The first-order chi connectivity index (χ1) is 17.7. The van der Waals surface area contributed by atoms with Gasteiger partial charge in [0.15, 0.2) is 5.75 Å². The predicted molar refractivity (Wildman–Crippen MR) is 148 cm³/mol.